The number of benzene rings is 3. The van der Waals surface area contributed by atoms with Crippen molar-refractivity contribution >= 4 is 11.6 Å². The zero-order valence-corrected chi connectivity index (χ0v) is 18.1. The summed E-state index contributed by atoms with van der Waals surface area (Å²) in [5.74, 6) is 0.771. The van der Waals surface area contributed by atoms with Crippen molar-refractivity contribution in [1.82, 2.24) is 25.1 Å². The molecule has 0 amide bonds. The van der Waals surface area contributed by atoms with Gasteiger partial charge in [-0.25, -0.2) is 0 Å². The molecule has 4 rings (SSSR count). The Balaban J connectivity index is 1.81. The van der Waals surface area contributed by atoms with Gasteiger partial charge in [0.05, 0.1) is 11.7 Å². The highest BCUT2D eigenvalue weighted by Gasteiger charge is 2.27. The van der Waals surface area contributed by atoms with E-state index in [0.29, 0.717) is 5.02 Å². The molecule has 0 saturated carbocycles. The molecule has 1 heterocycles. The number of aromatic nitrogens is 4. The fraction of sp³-hybridized carbons (Fsp3) is 0.208. The Hall–Kier alpha value is -3.02. The van der Waals surface area contributed by atoms with Crippen LogP contribution in [-0.2, 0) is 6.54 Å². The molecule has 0 radical (unpaired) electrons. The van der Waals surface area contributed by atoms with Crippen LogP contribution in [0, 0.1) is 13.8 Å². The van der Waals surface area contributed by atoms with Crippen LogP contribution in [0.25, 0.3) is 5.69 Å². The van der Waals surface area contributed by atoms with Crippen molar-refractivity contribution in [1.29, 1.82) is 0 Å². The van der Waals surface area contributed by atoms with Crippen molar-refractivity contribution in [3.05, 3.63) is 106 Å². The van der Waals surface area contributed by atoms with Crippen LogP contribution in [0.5, 0.6) is 0 Å². The average Bonchev–Trinajstić information content (AvgIpc) is 3.19. The summed E-state index contributed by atoms with van der Waals surface area (Å²) >= 11 is 6.16. The van der Waals surface area contributed by atoms with Gasteiger partial charge >= 0.3 is 0 Å². The molecule has 5 nitrogen and oxygen atoms in total. The maximum atomic E-state index is 6.16. The number of tetrazole rings is 1. The molecule has 4 aromatic rings. The zero-order valence-electron chi connectivity index (χ0n) is 17.3. The third kappa shape index (κ3) is 4.13. The molecule has 0 aliphatic rings. The van der Waals surface area contributed by atoms with Gasteiger partial charge < -0.3 is 0 Å². The van der Waals surface area contributed by atoms with E-state index in [1.54, 1.807) is 0 Å². The molecule has 0 unspecified atom stereocenters. The van der Waals surface area contributed by atoms with Gasteiger partial charge in [-0.15, -0.1) is 5.10 Å². The Morgan fingerprint density at radius 3 is 2.23 bits per heavy atom. The third-order valence-electron chi connectivity index (χ3n) is 5.29. The largest absolute Gasteiger partial charge is 0.288 e. The number of hydrogen-bond donors (Lipinski definition) is 0. The highest BCUT2D eigenvalue weighted by atomic mass is 35.5. The summed E-state index contributed by atoms with van der Waals surface area (Å²) in [6, 6.07) is 24.4. The van der Waals surface area contributed by atoms with Gasteiger partial charge in [-0.3, -0.25) is 4.90 Å². The fourth-order valence-electron chi connectivity index (χ4n) is 3.87. The molecule has 1 atom stereocenters. The summed E-state index contributed by atoms with van der Waals surface area (Å²) in [5.41, 5.74) is 5.59. The Kier molecular flexibility index (Phi) is 5.93. The lowest BCUT2D eigenvalue weighted by Crippen LogP contribution is -2.28. The van der Waals surface area contributed by atoms with Crippen LogP contribution in [0.3, 0.4) is 0 Å². The first kappa shape index (κ1) is 20.3. The lowest BCUT2D eigenvalue weighted by Gasteiger charge is -2.28. The Morgan fingerprint density at radius 1 is 0.900 bits per heavy atom. The Bertz CT molecular complexity index is 1100. The van der Waals surface area contributed by atoms with Crippen LogP contribution in [0.2, 0.25) is 5.02 Å². The summed E-state index contributed by atoms with van der Waals surface area (Å²) < 4.78 is 1.87. The molecule has 0 fully saturated rings. The van der Waals surface area contributed by atoms with E-state index in [2.05, 4.69) is 83.8 Å². The normalized spacial score (nSPS) is 12.3. The molecule has 0 aliphatic carbocycles. The lowest BCUT2D eigenvalue weighted by atomic mass is 10.0. The molecule has 0 spiro atoms. The average molecular weight is 418 g/mol. The van der Waals surface area contributed by atoms with Gasteiger partial charge in [-0.1, -0.05) is 72.3 Å². The van der Waals surface area contributed by atoms with E-state index >= 15 is 0 Å². The summed E-state index contributed by atoms with van der Waals surface area (Å²) in [7, 11) is 2.09. The second-order valence-electron chi connectivity index (χ2n) is 7.54. The number of aryl methyl sites for hydroxylation is 2. The number of hydrogen-bond acceptors (Lipinski definition) is 4. The van der Waals surface area contributed by atoms with E-state index in [1.165, 1.54) is 5.56 Å². The Morgan fingerprint density at radius 2 is 1.57 bits per heavy atom. The van der Waals surface area contributed by atoms with Gasteiger partial charge in [-0.05, 0) is 65.7 Å². The summed E-state index contributed by atoms with van der Waals surface area (Å²) in [6.07, 6.45) is 0. The lowest BCUT2D eigenvalue weighted by molar-refractivity contribution is 0.258. The van der Waals surface area contributed by atoms with Gasteiger partial charge in [0.1, 0.15) is 0 Å². The maximum absolute atomic E-state index is 6.16. The van der Waals surface area contributed by atoms with Crippen molar-refractivity contribution in [3.63, 3.8) is 0 Å². The van der Waals surface area contributed by atoms with Crippen molar-refractivity contribution in [3.8, 4) is 5.69 Å². The Labute approximate surface area is 181 Å². The minimum atomic E-state index is -0.142. The molecule has 0 N–H and O–H groups in total. The molecular formula is C24H24ClN5. The number of nitrogens with zero attached hydrogens (tertiary/aromatic N) is 5. The van der Waals surface area contributed by atoms with E-state index in [1.807, 2.05) is 35.0 Å². The van der Waals surface area contributed by atoms with Crippen LogP contribution in [-0.4, -0.2) is 32.2 Å². The smallest absolute Gasteiger partial charge is 0.178 e. The molecule has 0 bridgehead atoms. The van der Waals surface area contributed by atoms with Crippen LogP contribution in [0.1, 0.15) is 34.1 Å². The van der Waals surface area contributed by atoms with Crippen LogP contribution < -0.4 is 0 Å². The van der Waals surface area contributed by atoms with Gasteiger partial charge in [-0.2, -0.15) is 4.68 Å². The van der Waals surface area contributed by atoms with Crippen LogP contribution >= 0.6 is 11.6 Å². The number of rotatable bonds is 6. The summed E-state index contributed by atoms with van der Waals surface area (Å²) in [4.78, 5) is 2.26. The minimum Gasteiger partial charge on any atom is -0.288 e. The second kappa shape index (κ2) is 8.78. The first-order valence-electron chi connectivity index (χ1n) is 9.89. The predicted octanol–water partition coefficient (Wildman–Crippen LogP) is 5.15. The van der Waals surface area contributed by atoms with Crippen molar-refractivity contribution in [2.45, 2.75) is 26.4 Å². The molecule has 30 heavy (non-hydrogen) atoms. The number of para-hydroxylation sites is 1. The molecule has 3 aromatic carbocycles. The molecule has 6 heteroatoms. The summed E-state index contributed by atoms with van der Waals surface area (Å²) in [6.45, 7) is 4.92. The van der Waals surface area contributed by atoms with Gasteiger partial charge in [0.15, 0.2) is 5.82 Å². The van der Waals surface area contributed by atoms with E-state index in [4.69, 9.17) is 11.6 Å². The number of halogens is 1. The van der Waals surface area contributed by atoms with Crippen molar-refractivity contribution < 1.29 is 0 Å². The maximum Gasteiger partial charge on any atom is 0.178 e. The second-order valence-corrected chi connectivity index (χ2v) is 7.98. The highest BCUT2D eigenvalue weighted by molar-refractivity contribution is 6.30. The van der Waals surface area contributed by atoms with Crippen LogP contribution in [0.4, 0.5) is 0 Å². The first-order chi connectivity index (χ1) is 14.5. The van der Waals surface area contributed by atoms with Gasteiger partial charge in [0, 0.05) is 11.6 Å². The van der Waals surface area contributed by atoms with Crippen molar-refractivity contribution in [2.75, 3.05) is 7.05 Å². The van der Waals surface area contributed by atoms with E-state index in [-0.39, 0.29) is 6.04 Å². The fourth-order valence-corrected chi connectivity index (χ4v) is 4.00. The quantitative estimate of drug-likeness (QED) is 0.435. The predicted molar refractivity (Wildman–Crippen MR) is 120 cm³/mol. The third-order valence-corrected chi connectivity index (χ3v) is 5.54. The monoisotopic (exact) mass is 417 g/mol. The molecule has 152 valence electrons. The minimum absolute atomic E-state index is 0.142. The van der Waals surface area contributed by atoms with Crippen LogP contribution in [0.15, 0.2) is 72.8 Å². The molecule has 1 aromatic heterocycles. The standard InChI is InChI=1S/C24H24ClN5/c1-17-8-7-9-18(2)22(17)30-24(26-27-28-30)23(20-12-14-21(25)15-13-20)29(3)16-19-10-5-4-6-11-19/h4-15,23H,16H2,1-3H3/t23-/m1/s1. The van der Waals surface area contributed by atoms with Gasteiger partial charge in [0.25, 0.3) is 0 Å². The molecule has 0 saturated heterocycles. The van der Waals surface area contributed by atoms with E-state index < -0.39 is 0 Å². The molecular weight excluding hydrogens is 394 g/mol. The van der Waals surface area contributed by atoms with E-state index in [0.717, 1.165) is 34.7 Å². The SMILES string of the molecule is Cc1cccc(C)c1-n1nnnc1[C@@H](c1ccc(Cl)cc1)N(C)Cc1ccccc1. The highest BCUT2D eigenvalue weighted by Crippen LogP contribution is 2.30. The molecule has 0 aliphatic heterocycles. The van der Waals surface area contributed by atoms with Gasteiger partial charge in [0.2, 0.25) is 0 Å². The topological polar surface area (TPSA) is 46.8 Å². The first-order valence-corrected chi connectivity index (χ1v) is 10.3. The van der Waals surface area contributed by atoms with E-state index in [9.17, 15) is 0 Å². The zero-order chi connectivity index (χ0) is 21.1. The summed E-state index contributed by atoms with van der Waals surface area (Å²) in [5, 5.41) is 13.6. The van der Waals surface area contributed by atoms with Crippen molar-refractivity contribution in [2.24, 2.45) is 0 Å².